The number of ether oxygens (including phenoxy) is 1. The van der Waals surface area contributed by atoms with E-state index in [-0.39, 0.29) is 5.97 Å². The number of carbonyl (C=O) groups is 1. The smallest absolute Gasteiger partial charge is 0.306 e. The summed E-state index contributed by atoms with van der Waals surface area (Å²) >= 11 is 0. The van der Waals surface area contributed by atoms with Crippen molar-refractivity contribution in [3.05, 3.63) is 0 Å². The Balaban J connectivity index is 3.37. The van der Waals surface area contributed by atoms with Gasteiger partial charge >= 0.3 is 5.97 Å². The topological polar surface area (TPSA) is 26.3 Å². The molecule has 2 heteroatoms. The van der Waals surface area contributed by atoms with Crippen molar-refractivity contribution in [2.45, 2.75) is 33.6 Å². The highest BCUT2D eigenvalue weighted by atomic mass is 16.5. The molecule has 0 spiro atoms. The zero-order valence-corrected chi connectivity index (χ0v) is 7.02. The lowest BCUT2D eigenvalue weighted by Gasteiger charge is -2.06. The summed E-state index contributed by atoms with van der Waals surface area (Å²) in [6, 6.07) is 0. The molecule has 0 amide bonds. The van der Waals surface area contributed by atoms with Gasteiger partial charge in [0.05, 0.1) is 6.61 Å². The largest absolute Gasteiger partial charge is 0.466 e. The number of rotatable bonds is 4. The molecule has 0 aromatic carbocycles. The van der Waals surface area contributed by atoms with Gasteiger partial charge in [-0.05, 0) is 12.8 Å². The second kappa shape index (κ2) is 5.27. The lowest BCUT2D eigenvalue weighted by Crippen LogP contribution is -2.08. The summed E-state index contributed by atoms with van der Waals surface area (Å²) in [4.78, 5) is 10.8. The van der Waals surface area contributed by atoms with E-state index in [1.54, 1.807) is 0 Å². The molecular formula is C8H16O2. The van der Waals surface area contributed by atoms with Crippen molar-refractivity contribution in [2.24, 2.45) is 5.92 Å². The molecule has 0 aliphatic carbocycles. The van der Waals surface area contributed by atoms with Crippen LogP contribution < -0.4 is 0 Å². The average molecular weight is 144 g/mol. The molecule has 0 aliphatic heterocycles. The molecule has 10 heavy (non-hydrogen) atoms. The normalized spacial score (nSPS) is 12.7. The minimum absolute atomic E-state index is 0.0724. The Morgan fingerprint density at radius 3 is 2.50 bits per heavy atom. The van der Waals surface area contributed by atoms with Gasteiger partial charge in [-0.15, -0.1) is 0 Å². The van der Waals surface area contributed by atoms with Crippen LogP contribution in [-0.4, -0.2) is 12.6 Å². The summed E-state index contributed by atoms with van der Waals surface area (Å²) in [6.45, 7) is 6.45. The molecule has 0 heterocycles. The molecule has 1 unspecified atom stereocenters. The first-order chi connectivity index (χ1) is 4.70. The zero-order valence-electron chi connectivity index (χ0n) is 7.02. The predicted octanol–water partition coefficient (Wildman–Crippen LogP) is 1.99. The molecule has 0 radical (unpaired) electrons. The number of esters is 1. The average Bonchev–Trinajstić information content (AvgIpc) is 1.88. The van der Waals surface area contributed by atoms with E-state index in [9.17, 15) is 4.79 Å². The lowest BCUT2D eigenvalue weighted by atomic mass is 10.1. The maximum atomic E-state index is 10.8. The minimum Gasteiger partial charge on any atom is -0.466 e. The second-order valence-electron chi connectivity index (χ2n) is 2.52. The molecule has 0 N–H and O–H groups in total. The minimum atomic E-state index is -0.0724. The van der Waals surface area contributed by atoms with E-state index in [4.69, 9.17) is 4.74 Å². The Kier molecular flexibility index (Phi) is 4.99. The van der Waals surface area contributed by atoms with Crippen molar-refractivity contribution in [3.8, 4) is 0 Å². The van der Waals surface area contributed by atoms with Crippen LogP contribution in [0.3, 0.4) is 0 Å². The van der Waals surface area contributed by atoms with Crippen molar-refractivity contribution in [1.82, 2.24) is 0 Å². The van der Waals surface area contributed by atoms with Gasteiger partial charge in [-0.2, -0.15) is 0 Å². The van der Waals surface area contributed by atoms with Crippen LogP contribution in [0.5, 0.6) is 0 Å². The molecular weight excluding hydrogens is 128 g/mol. The van der Waals surface area contributed by atoms with E-state index in [2.05, 4.69) is 13.8 Å². The molecule has 2 nitrogen and oxygen atoms in total. The van der Waals surface area contributed by atoms with Crippen LogP contribution in [0, 0.1) is 5.92 Å². The predicted molar refractivity (Wildman–Crippen MR) is 40.7 cm³/mol. The van der Waals surface area contributed by atoms with Crippen LogP contribution in [0.4, 0.5) is 0 Å². The molecule has 0 saturated carbocycles. The van der Waals surface area contributed by atoms with Crippen molar-refractivity contribution >= 4 is 5.97 Å². The summed E-state index contributed by atoms with van der Waals surface area (Å²) in [7, 11) is 0. The lowest BCUT2D eigenvalue weighted by molar-refractivity contribution is -0.144. The zero-order chi connectivity index (χ0) is 7.98. The highest BCUT2D eigenvalue weighted by Gasteiger charge is 2.06. The first kappa shape index (κ1) is 9.47. The molecule has 0 aromatic heterocycles. The summed E-state index contributed by atoms with van der Waals surface area (Å²) in [5.74, 6) is 0.385. The third kappa shape index (κ3) is 4.36. The molecule has 0 bridgehead atoms. The maximum Gasteiger partial charge on any atom is 0.306 e. The van der Waals surface area contributed by atoms with E-state index >= 15 is 0 Å². The standard InChI is InChI=1S/C8H16O2/c1-4-7(3)6-8(9)10-5-2/h7H,4-6H2,1-3H3. The van der Waals surface area contributed by atoms with E-state index in [1.807, 2.05) is 6.92 Å². The second-order valence-corrected chi connectivity index (χ2v) is 2.52. The van der Waals surface area contributed by atoms with Crippen molar-refractivity contribution in [1.29, 1.82) is 0 Å². The maximum absolute atomic E-state index is 10.8. The molecule has 0 aromatic rings. The summed E-state index contributed by atoms with van der Waals surface area (Å²) < 4.78 is 4.78. The summed E-state index contributed by atoms with van der Waals surface area (Å²) in [5, 5.41) is 0. The van der Waals surface area contributed by atoms with Gasteiger partial charge in [-0.1, -0.05) is 20.3 Å². The molecule has 0 aliphatic rings. The molecule has 60 valence electrons. The van der Waals surface area contributed by atoms with Gasteiger partial charge in [0.1, 0.15) is 0 Å². The van der Waals surface area contributed by atoms with E-state index in [0.29, 0.717) is 18.9 Å². The van der Waals surface area contributed by atoms with Gasteiger partial charge in [0.25, 0.3) is 0 Å². The van der Waals surface area contributed by atoms with Crippen LogP contribution >= 0.6 is 0 Å². The van der Waals surface area contributed by atoms with Crippen LogP contribution in [0.15, 0.2) is 0 Å². The van der Waals surface area contributed by atoms with Crippen LogP contribution in [0.2, 0.25) is 0 Å². The summed E-state index contributed by atoms with van der Waals surface area (Å²) in [5.41, 5.74) is 0. The van der Waals surface area contributed by atoms with Gasteiger partial charge in [-0.3, -0.25) is 4.79 Å². The molecule has 0 fully saturated rings. The fourth-order valence-corrected chi connectivity index (χ4v) is 0.649. The van der Waals surface area contributed by atoms with Gasteiger partial charge in [0.2, 0.25) is 0 Å². The van der Waals surface area contributed by atoms with Crippen LogP contribution in [-0.2, 0) is 9.53 Å². The van der Waals surface area contributed by atoms with Crippen molar-refractivity contribution < 1.29 is 9.53 Å². The molecule has 0 saturated heterocycles. The molecule has 0 rings (SSSR count). The third-order valence-corrected chi connectivity index (χ3v) is 1.52. The Hall–Kier alpha value is -0.530. The fraction of sp³-hybridized carbons (Fsp3) is 0.875. The number of carbonyl (C=O) groups excluding carboxylic acids is 1. The molecule has 1 atom stereocenters. The Labute approximate surface area is 62.6 Å². The monoisotopic (exact) mass is 144 g/mol. The van der Waals surface area contributed by atoms with Crippen molar-refractivity contribution in [3.63, 3.8) is 0 Å². The van der Waals surface area contributed by atoms with E-state index in [1.165, 1.54) is 0 Å². The van der Waals surface area contributed by atoms with E-state index < -0.39 is 0 Å². The first-order valence-corrected chi connectivity index (χ1v) is 3.86. The highest BCUT2D eigenvalue weighted by molar-refractivity contribution is 5.69. The fourth-order valence-electron chi connectivity index (χ4n) is 0.649. The van der Waals surface area contributed by atoms with Crippen LogP contribution in [0.25, 0.3) is 0 Å². The summed E-state index contributed by atoms with van der Waals surface area (Å²) in [6.07, 6.45) is 1.60. The first-order valence-electron chi connectivity index (χ1n) is 3.86. The van der Waals surface area contributed by atoms with Gasteiger partial charge in [0, 0.05) is 6.42 Å². The third-order valence-electron chi connectivity index (χ3n) is 1.52. The number of hydrogen-bond donors (Lipinski definition) is 0. The van der Waals surface area contributed by atoms with Gasteiger partial charge in [-0.25, -0.2) is 0 Å². The Morgan fingerprint density at radius 1 is 1.50 bits per heavy atom. The Morgan fingerprint density at radius 2 is 2.10 bits per heavy atom. The highest BCUT2D eigenvalue weighted by Crippen LogP contribution is 2.06. The van der Waals surface area contributed by atoms with E-state index in [0.717, 1.165) is 6.42 Å². The SMILES string of the molecule is CCOC(=O)CC(C)CC. The van der Waals surface area contributed by atoms with Gasteiger partial charge < -0.3 is 4.74 Å². The van der Waals surface area contributed by atoms with Crippen molar-refractivity contribution in [2.75, 3.05) is 6.61 Å². The number of hydrogen-bond acceptors (Lipinski definition) is 2. The van der Waals surface area contributed by atoms with Crippen LogP contribution in [0.1, 0.15) is 33.6 Å². The Bertz CT molecular complexity index is 99.4. The van der Waals surface area contributed by atoms with Gasteiger partial charge in [0.15, 0.2) is 0 Å². The quantitative estimate of drug-likeness (QED) is 0.564.